The van der Waals surface area contributed by atoms with E-state index in [9.17, 15) is 22.8 Å². The zero-order chi connectivity index (χ0) is 22.6. The second kappa shape index (κ2) is 9.12. The third kappa shape index (κ3) is 4.70. The van der Waals surface area contributed by atoms with Gasteiger partial charge < -0.3 is 14.6 Å². The Labute approximate surface area is 175 Å². The highest BCUT2D eigenvalue weighted by Crippen LogP contribution is 2.25. The Morgan fingerprint density at radius 2 is 1.67 bits per heavy atom. The topological polar surface area (TPSA) is 124 Å². The van der Waals surface area contributed by atoms with Crippen molar-refractivity contribution < 1.29 is 27.5 Å². The smallest absolute Gasteiger partial charge is 0.355 e. The van der Waals surface area contributed by atoms with Crippen LogP contribution in [0.15, 0.2) is 29.2 Å². The first-order chi connectivity index (χ1) is 14.0. The van der Waals surface area contributed by atoms with Gasteiger partial charge in [-0.05, 0) is 57.5 Å². The quantitative estimate of drug-likeness (QED) is 0.644. The van der Waals surface area contributed by atoms with E-state index in [1.165, 1.54) is 24.3 Å². The van der Waals surface area contributed by atoms with Crippen LogP contribution in [0.3, 0.4) is 0 Å². The Balaban J connectivity index is 2.33. The van der Waals surface area contributed by atoms with Gasteiger partial charge >= 0.3 is 5.97 Å². The van der Waals surface area contributed by atoms with E-state index in [2.05, 4.69) is 5.32 Å². The normalized spacial score (nSPS) is 11.1. The van der Waals surface area contributed by atoms with Gasteiger partial charge in [-0.1, -0.05) is 0 Å². The maximum Gasteiger partial charge on any atom is 0.355 e. The van der Waals surface area contributed by atoms with Crippen molar-refractivity contribution in [2.45, 2.75) is 46.1 Å². The Hall–Kier alpha value is -3.14. The SMILES string of the molecule is CCOC(=O)c1c(C)c(C(=O)Nc2ccc(S(=O)(=O)NC(C)=O)cc2)c(C)n1CC. The van der Waals surface area contributed by atoms with Gasteiger partial charge in [-0.25, -0.2) is 17.9 Å². The van der Waals surface area contributed by atoms with Crippen LogP contribution in [0.5, 0.6) is 0 Å². The van der Waals surface area contributed by atoms with Crippen LogP contribution in [0.2, 0.25) is 0 Å². The number of carbonyl (C=O) groups excluding carboxylic acids is 3. The minimum absolute atomic E-state index is 0.107. The molecule has 1 aromatic heterocycles. The molecule has 0 aliphatic heterocycles. The summed E-state index contributed by atoms with van der Waals surface area (Å²) in [7, 11) is -3.96. The Bertz CT molecular complexity index is 1080. The molecular weight excluding hydrogens is 410 g/mol. The lowest BCUT2D eigenvalue weighted by Gasteiger charge is -2.09. The first-order valence-corrected chi connectivity index (χ1v) is 10.8. The number of ether oxygens (including phenoxy) is 1. The van der Waals surface area contributed by atoms with Gasteiger partial charge in [0.2, 0.25) is 5.91 Å². The van der Waals surface area contributed by atoms with Crippen LogP contribution < -0.4 is 10.0 Å². The van der Waals surface area contributed by atoms with Crippen molar-refractivity contribution in [3.63, 3.8) is 0 Å². The molecule has 0 saturated carbocycles. The van der Waals surface area contributed by atoms with E-state index in [4.69, 9.17) is 4.74 Å². The summed E-state index contributed by atoms with van der Waals surface area (Å²) in [6, 6.07) is 5.39. The number of carbonyl (C=O) groups is 3. The van der Waals surface area contributed by atoms with Crippen molar-refractivity contribution in [3.05, 3.63) is 46.8 Å². The molecule has 0 atom stereocenters. The van der Waals surface area contributed by atoms with E-state index >= 15 is 0 Å². The summed E-state index contributed by atoms with van der Waals surface area (Å²) in [5.41, 5.74) is 2.19. The third-order valence-electron chi connectivity index (χ3n) is 4.48. The third-order valence-corrected chi connectivity index (χ3v) is 5.93. The molecule has 2 N–H and O–H groups in total. The van der Waals surface area contributed by atoms with E-state index < -0.39 is 27.8 Å². The van der Waals surface area contributed by atoms with Crippen LogP contribution in [0.1, 0.15) is 52.9 Å². The number of aromatic nitrogens is 1. The molecule has 2 rings (SSSR count). The highest BCUT2D eigenvalue weighted by atomic mass is 32.2. The van der Waals surface area contributed by atoms with E-state index in [0.29, 0.717) is 34.7 Å². The molecule has 1 aromatic carbocycles. The average Bonchev–Trinajstić information content (AvgIpc) is 2.91. The molecule has 0 aliphatic carbocycles. The van der Waals surface area contributed by atoms with Crippen LogP contribution >= 0.6 is 0 Å². The second-order valence-corrected chi connectivity index (χ2v) is 8.22. The number of nitrogens with one attached hydrogen (secondary N) is 2. The number of nitrogens with zero attached hydrogens (tertiary/aromatic N) is 1. The molecule has 30 heavy (non-hydrogen) atoms. The summed E-state index contributed by atoms with van der Waals surface area (Å²) in [4.78, 5) is 36.2. The van der Waals surface area contributed by atoms with E-state index in [-0.39, 0.29) is 11.5 Å². The fourth-order valence-corrected chi connectivity index (χ4v) is 4.24. The Morgan fingerprint density at radius 1 is 1.07 bits per heavy atom. The standard InChI is InChI=1S/C20H25N3O6S/c1-6-23-13(4)17(12(3)18(23)20(26)29-7-2)19(25)21-15-8-10-16(11-9-15)30(27,28)22-14(5)24/h8-11H,6-7H2,1-5H3,(H,21,25)(H,22,24). The minimum atomic E-state index is -3.96. The molecule has 2 aromatic rings. The predicted molar refractivity (Wildman–Crippen MR) is 111 cm³/mol. The first-order valence-electron chi connectivity index (χ1n) is 9.35. The first kappa shape index (κ1) is 23.1. The Kier molecular flexibility index (Phi) is 7.04. The van der Waals surface area contributed by atoms with Gasteiger partial charge in [0.25, 0.3) is 15.9 Å². The van der Waals surface area contributed by atoms with Crippen molar-refractivity contribution >= 4 is 33.5 Å². The van der Waals surface area contributed by atoms with Crippen LogP contribution in [0.4, 0.5) is 5.69 Å². The van der Waals surface area contributed by atoms with Gasteiger partial charge in [0, 0.05) is 24.8 Å². The molecule has 2 amide bonds. The molecule has 0 spiro atoms. The molecule has 0 radical (unpaired) electrons. The summed E-state index contributed by atoms with van der Waals surface area (Å²) in [5, 5.41) is 2.71. The highest BCUT2D eigenvalue weighted by molar-refractivity contribution is 7.90. The van der Waals surface area contributed by atoms with Crippen molar-refractivity contribution in [2.24, 2.45) is 0 Å². The molecule has 0 saturated heterocycles. The second-order valence-electron chi connectivity index (χ2n) is 6.54. The molecule has 0 aliphatic rings. The molecule has 9 nitrogen and oxygen atoms in total. The van der Waals surface area contributed by atoms with Gasteiger partial charge in [0.1, 0.15) is 5.69 Å². The monoisotopic (exact) mass is 435 g/mol. The van der Waals surface area contributed by atoms with Gasteiger partial charge in [0.15, 0.2) is 0 Å². The number of rotatable bonds is 7. The van der Waals surface area contributed by atoms with E-state index in [1.54, 1.807) is 25.3 Å². The lowest BCUT2D eigenvalue weighted by molar-refractivity contribution is -0.117. The van der Waals surface area contributed by atoms with Gasteiger partial charge in [-0.3, -0.25) is 9.59 Å². The van der Waals surface area contributed by atoms with E-state index in [1.807, 2.05) is 11.6 Å². The van der Waals surface area contributed by atoms with Gasteiger partial charge in [-0.15, -0.1) is 0 Å². The van der Waals surface area contributed by atoms with Crippen molar-refractivity contribution in [1.29, 1.82) is 0 Å². The zero-order valence-electron chi connectivity index (χ0n) is 17.5. The fraction of sp³-hybridized carbons (Fsp3) is 0.350. The molecular formula is C20H25N3O6S. The number of amides is 2. The number of hydrogen-bond acceptors (Lipinski definition) is 6. The molecule has 1 heterocycles. The van der Waals surface area contributed by atoms with Crippen LogP contribution in [-0.4, -0.2) is 37.4 Å². The number of hydrogen-bond donors (Lipinski definition) is 2. The predicted octanol–water partition coefficient (Wildman–Crippen LogP) is 2.38. The zero-order valence-corrected chi connectivity index (χ0v) is 18.3. The van der Waals surface area contributed by atoms with Crippen molar-refractivity contribution in [3.8, 4) is 0 Å². The fourth-order valence-electron chi connectivity index (χ4n) is 3.25. The van der Waals surface area contributed by atoms with Crippen LogP contribution in [-0.2, 0) is 26.1 Å². The maximum absolute atomic E-state index is 12.9. The lowest BCUT2D eigenvalue weighted by Crippen LogP contribution is -2.28. The average molecular weight is 436 g/mol. The van der Waals surface area contributed by atoms with Crippen LogP contribution in [0, 0.1) is 13.8 Å². The molecule has 10 heteroatoms. The summed E-state index contributed by atoms with van der Waals surface area (Å²) in [5.74, 6) is -1.62. The molecule has 0 fully saturated rings. The maximum atomic E-state index is 12.9. The van der Waals surface area contributed by atoms with Gasteiger partial charge in [0.05, 0.1) is 17.1 Å². The number of esters is 1. The number of benzene rings is 1. The summed E-state index contributed by atoms with van der Waals surface area (Å²) in [6.07, 6.45) is 0. The summed E-state index contributed by atoms with van der Waals surface area (Å²) in [6.45, 7) is 8.82. The van der Waals surface area contributed by atoms with Gasteiger partial charge in [-0.2, -0.15) is 0 Å². The molecule has 0 unspecified atom stereocenters. The minimum Gasteiger partial charge on any atom is -0.461 e. The van der Waals surface area contributed by atoms with E-state index in [0.717, 1.165) is 6.92 Å². The van der Waals surface area contributed by atoms with Crippen molar-refractivity contribution in [2.75, 3.05) is 11.9 Å². The molecule has 0 bridgehead atoms. The van der Waals surface area contributed by atoms with Crippen molar-refractivity contribution in [1.82, 2.24) is 9.29 Å². The molecule has 162 valence electrons. The summed E-state index contributed by atoms with van der Waals surface area (Å²) < 4.78 is 32.7. The number of sulfonamides is 1. The largest absolute Gasteiger partial charge is 0.461 e. The highest BCUT2D eigenvalue weighted by Gasteiger charge is 2.26. The lowest BCUT2D eigenvalue weighted by atomic mass is 10.1. The Morgan fingerprint density at radius 3 is 2.17 bits per heavy atom. The van der Waals surface area contributed by atoms with Crippen LogP contribution in [0.25, 0.3) is 0 Å². The summed E-state index contributed by atoms with van der Waals surface area (Å²) >= 11 is 0. The number of anilines is 1.